The van der Waals surface area contributed by atoms with Crippen LogP contribution in [0.3, 0.4) is 0 Å². The van der Waals surface area contributed by atoms with Crippen LogP contribution in [0.15, 0.2) is 24.3 Å². The monoisotopic (exact) mass is 1010 g/mol. The van der Waals surface area contributed by atoms with E-state index in [0.717, 1.165) is 50.5 Å². The summed E-state index contributed by atoms with van der Waals surface area (Å²) in [7, 11) is 1.59. The molecule has 4 saturated carbocycles. The molecule has 72 heavy (non-hydrogen) atoms. The van der Waals surface area contributed by atoms with Crippen LogP contribution in [0, 0.1) is 29.6 Å². The largest absolute Gasteiger partial charge is 0.497 e. The molecule has 5 aliphatic rings. The molecule has 4 aliphatic carbocycles. The fraction of sp³-hybridized carbons (Fsp3) is 0.731. The summed E-state index contributed by atoms with van der Waals surface area (Å²) in [5.74, 6) is -3.72. The Balaban J connectivity index is 0.976. The number of rotatable bonds is 27. The molecule has 0 unspecified atom stereocenters. The van der Waals surface area contributed by atoms with Crippen molar-refractivity contribution in [2.45, 2.75) is 177 Å². The maximum Gasteiger partial charge on any atom is 0.226 e. The lowest BCUT2D eigenvalue weighted by Crippen LogP contribution is -2.53. The number of carbonyl (C=O) groups is 8. The van der Waals surface area contributed by atoms with Gasteiger partial charge in [-0.05, 0) is 108 Å². The summed E-state index contributed by atoms with van der Waals surface area (Å²) in [6, 6.07) is 4.41. The first-order valence-electron chi connectivity index (χ1n) is 26.9. The van der Waals surface area contributed by atoms with E-state index in [0.29, 0.717) is 103 Å². The van der Waals surface area contributed by atoms with Crippen LogP contribution in [-0.2, 0) is 44.8 Å². The summed E-state index contributed by atoms with van der Waals surface area (Å²) in [5.41, 5.74) is 18.0. The zero-order chi connectivity index (χ0) is 51.6. The van der Waals surface area contributed by atoms with Crippen molar-refractivity contribution in [1.82, 2.24) is 42.5 Å². The highest BCUT2D eigenvalue weighted by molar-refractivity contribution is 5.87. The lowest BCUT2D eigenvalue weighted by molar-refractivity contribution is -0.130. The zero-order valence-corrected chi connectivity index (χ0v) is 42.3. The van der Waals surface area contributed by atoms with Crippen molar-refractivity contribution < 1.29 is 43.1 Å². The minimum atomic E-state index is -0.584. The fourth-order valence-electron chi connectivity index (χ4n) is 11.8. The molecular formula is C52H83N11O9. The van der Waals surface area contributed by atoms with Gasteiger partial charge in [0, 0.05) is 62.2 Å². The molecule has 1 aliphatic heterocycles. The maximum atomic E-state index is 14.0. The van der Waals surface area contributed by atoms with E-state index in [1.807, 2.05) is 12.1 Å². The van der Waals surface area contributed by atoms with Gasteiger partial charge < -0.3 is 64.5 Å². The Labute approximate surface area is 424 Å². The van der Waals surface area contributed by atoms with Crippen LogP contribution >= 0.6 is 0 Å². The van der Waals surface area contributed by atoms with Gasteiger partial charge in [0.2, 0.25) is 47.3 Å². The first-order chi connectivity index (χ1) is 34.8. The molecule has 1 aromatic rings. The van der Waals surface area contributed by atoms with Gasteiger partial charge in [0.05, 0.1) is 49.2 Å². The van der Waals surface area contributed by atoms with E-state index in [9.17, 15) is 38.4 Å². The van der Waals surface area contributed by atoms with E-state index in [-0.39, 0.29) is 72.7 Å². The Morgan fingerprint density at radius 1 is 0.528 bits per heavy atom. The van der Waals surface area contributed by atoms with E-state index < -0.39 is 65.7 Å². The summed E-state index contributed by atoms with van der Waals surface area (Å²) in [4.78, 5) is 107. The van der Waals surface area contributed by atoms with E-state index in [2.05, 4.69) is 42.5 Å². The third kappa shape index (κ3) is 16.3. The number of benzene rings is 1. The Bertz CT molecular complexity index is 2010. The number of unbranched alkanes of at least 4 members (excludes halogenated alkanes) is 2. The minimum absolute atomic E-state index is 0.0286. The van der Waals surface area contributed by atoms with Crippen molar-refractivity contribution in [1.29, 1.82) is 0 Å². The summed E-state index contributed by atoms with van der Waals surface area (Å²) in [5, 5.41) is 24.9. The van der Waals surface area contributed by atoms with E-state index in [1.165, 1.54) is 0 Å². The van der Waals surface area contributed by atoms with Crippen LogP contribution in [0.25, 0.3) is 0 Å². The summed E-state index contributed by atoms with van der Waals surface area (Å²) < 4.78 is 5.22. The van der Waals surface area contributed by atoms with Crippen LogP contribution in [0.5, 0.6) is 5.75 Å². The Hall–Kier alpha value is -5.34. The molecule has 14 N–H and O–H groups in total. The number of amides is 8. The molecule has 0 aromatic heterocycles. The number of hydrogen-bond acceptors (Lipinski definition) is 12. The van der Waals surface area contributed by atoms with Gasteiger partial charge in [0.15, 0.2) is 0 Å². The first kappa shape index (κ1) is 56.0. The molecule has 0 bridgehead atoms. The predicted octanol–water partition coefficient (Wildman–Crippen LogP) is 0.575. The van der Waals surface area contributed by atoms with Crippen LogP contribution in [0.1, 0.15) is 134 Å². The second kappa shape index (κ2) is 28.2. The Morgan fingerprint density at radius 2 is 0.958 bits per heavy atom. The highest BCUT2D eigenvalue weighted by Gasteiger charge is 2.42. The second-order valence-corrected chi connectivity index (χ2v) is 21.0. The van der Waals surface area contributed by atoms with Crippen molar-refractivity contribution in [2.75, 3.05) is 33.3 Å². The van der Waals surface area contributed by atoms with Crippen LogP contribution < -0.4 is 64.5 Å². The number of carbonyl (C=O) groups excluding carboxylic acids is 8. The quantitative estimate of drug-likeness (QED) is 0.0540. The second-order valence-electron chi connectivity index (χ2n) is 21.0. The van der Waals surface area contributed by atoms with Crippen molar-refractivity contribution in [3.05, 3.63) is 29.8 Å². The van der Waals surface area contributed by atoms with E-state index >= 15 is 0 Å². The summed E-state index contributed by atoms with van der Waals surface area (Å²) in [6.07, 6.45) is 12.3. The van der Waals surface area contributed by atoms with Gasteiger partial charge in [-0.3, -0.25) is 38.4 Å². The molecule has 12 atom stereocenters. The lowest BCUT2D eigenvalue weighted by Gasteiger charge is -2.28. The van der Waals surface area contributed by atoms with E-state index in [1.54, 1.807) is 19.2 Å². The number of hydrogen-bond donors (Lipinski definition) is 11. The zero-order valence-electron chi connectivity index (χ0n) is 42.3. The predicted molar refractivity (Wildman–Crippen MR) is 270 cm³/mol. The molecule has 0 radical (unpaired) electrons. The van der Waals surface area contributed by atoms with E-state index in [4.69, 9.17) is 21.9 Å². The minimum Gasteiger partial charge on any atom is -0.497 e. The van der Waals surface area contributed by atoms with Gasteiger partial charge in [-0.15, -0.1) is 0 Å². The molecule has 6 rings (SSSR count). The van der Waals surface area contributed by atoms with Gasteiger partial charge in [-0.25, -0.2) is 0 Å². The molecular weight excluding hydrogens is 923 g/mol. The third-order valence-corrected chi connectivity index (χ3v) is 15.8. The van der Waals surface area contributed by atoms with Gasteiger partial charge in [0.1, 0.15) is 5.75 Å². The normalized spacial score (nSPS) is 27.5. The van der Waals surface area contributed by atoms with Gasteiger partial charge in [-0.1, -0.05) is 50.7 Å². The molecule has 1 heterocycles. The molecule has 20 heteroatoms. The smallest absolute Gasteiger partial charge is 0.226 e. The molecule has 0 spiro atoms. The molecule has 1 aromatic carbocycles. The van der Waals surface area contributed by atoms with Crippen LogP contribution in [-0.4, -0.2) is 123 Å². The van der Waals surface area contributed by atoms with Crippen LogP contribution in [0.4, 0.5) is 0 Å². The van der Waals surface area contributed by atoms with Crippen molar-refractivity contribution in [3.63, 3.8) is 0 Å². The van der Waals surface area contributed by atoms with Gasteiger partial charge in [-0.2, -0.15) is 0 Å². The molecule has 20 nitrogen and oxygen atoms in total. The third-order valence-electron chi connectivity index (χ3n) is 15.8. The number of nitrogens with two attached hydrogens (primary N) is 3. The molecule has 5 fully saturated rings. The number of primary amides is 1. The highest BCUT2D eigenvalue weighted by atomic mass is 16.5. The van der Waals surface area contributed by atoms with Crippen molar-refractivity contribution in [2.24, 2.45) is 46.8 Å². The van der Waals surface area contributed by atoms with Crippen molar-refractivity contribution >= 4 is 47.3 Å². The maximum absolute atomic E-state index is 14.0. The topological polar surface area (TPSA) is 320 Å². The van der Waals surface area contributed by atoms with Crippen LogP contribution in [0.2, 0.25) is 0 Å². The number of nitrogens with one attached hydrogen (secondary N) is 8. The Kier molecular flexibility index (Phi) is 21.9. The first-order valence-corrected chi connectivity index (χ1v) is 26.9. The average Bonchev–Trinajstić information content (AvgIpc) is 4.22. The molecule has 400 valence electrons. The lowest BCUT2D eigenvalue weighted by atomic mass is 9.96. The van der Waals surface area contributed by atoms with Crippen molar-refractivity contribution in [3.8, 4) is 5.75 Å². The SMILES string of the molecule is COc1ccc(CC(=O)N[C@@H]2CCC[C@H]2C(=O)N[C@H](CCCCN)CC(=O)N[C@@H]2CCC[C@H]2C(=O)N[C@@H]2CNC[C@H]2C(=O)N[C@@H]2CCC[C@H]2C(=O)N[C@H](CCCCN)CC(=O)N[C@@H]2CCC[C@H]2C(N)=O)cc1. The average molecular weight is 1010 g/mol. The number of ether oxygens (including phenoxy) is 1. The molecule has 8 amide bonds. The summed E-state index contributed by atoms with van der Waals surface area (Å²) in [6.45, 7) is 1.70. The summed E-state index contributed by atoms with van der Waals surface area (Å²) >= 11 is 0. The molecule has 1 saturated heterocycles. The Morgan fingerprint density at radius 3 is 1.44 bits per heavy atom. The van der Waals surface area contributed by atoms with Gasteiger partial charge in [0.25, 0.3) is 0 Å². The standard InChI is InChI=1S/C52H83N11O9/c1-72-34-22-20-31(21-23-34)26-45(64)60-41-17-7-13-36(41)49(68)57-33(11-3-5-25-54)28-47(66)61-42-18-8-14-37(42)51(70)63-44-30-56-29-39(44)52(71)62-43-19-9-15-38(43)50(69)58-32(10-2-4-24-53)27-46(65)59-40-16-6-12-35(40)48(55)67/h20-23,32-33,35-44,56H,2-19,24-30,53-54H2,1H3,(H2,55,67)(H,57,68)(H,58,69)(H,59,65)(H,60,64)(H,61,66)(H,62,71)(H,63,70)/t32-,33-,35-,36-,37-,38-,39-,40-,41-,42-,43-,44-/m1/s1. The number of methoxy groups -OCH3 is 1. The fourth-order valence-corrected chi connectivity index (χ4v) is 11.8. The van der Waals surface area contributed by atoms with Gasteiger partial charge >= 0.3 is 0 Å². The highest BCUT2D eigenvalue weighted by Crippen LogP contribution is 2.31.